The number of carbonyl (C=O) groups excluding carboxylic acids is 1. The van der Waals surface area contributed by atoms with Crippen LogP contribution in [0.2, 0.25) is 0 Å². The summed E-state index contributed by atoms with van der Waals surface area (Å²) in [7, 11) is 0. The van der Waals surface area contributed by atoms with E-state index in [0.717, 1.165) is 16.9 Å². The molecule has 1 atom stereocenters. The van der Waals surface area contributed by atoms with E-state index in [4.69, 9.17) is 0 Å². The van der Waals surface area contributed by atoms with Crippen LogP contribution in [0.3, 0.4) is 0 Å². The fraction of sp³-hybridized carbons (Fsp3) is 0.583. The molecule has 4 heteroatoms. The van der Waals surface area contributed by atoms with Gasteiger partial charge >= 0.3 is 0 Å². The lowest BCUT2D eigenvalue weighted by atomic mass is 10.1. The van der Waals surface area contributed by atoms with Crippen molar-refractivity contribution < 1.29 is 4.79 Å². The number of rotatable bonds is 5. The zero-order valence-electron chi connectivity index (χ0n) is 9.92. The second kappa shape index (κ2) is 6.40. The Balaban J connectivity index is 2.39. The lowest BCUT2D eigenvalue weighted by Gasteiger charge is -2.13. The van der Waals surface area contributed by atoms with Gasteiger partial charge in [-0.2, -0.15) is 0 Å². The maximum Gasteiger partial charge on any atom is 0.261 e. The third-order valence-corrected chi connectivity index (χ3v) is 3.99. The highest BCUT2D eigenvalue weighted by Crippen LogP contribution is 2.16. The van der Waals surface area contributed by atoms with Gasteiger partial charge < -0.3 is 5.32 Å². The van der Waals surface area contributed by atoms with Crippen molar-refractivity contribution in [1.29, 1.82) is 0 Å². The van der Waals surface area contributed by atoms with Gasteiger partial charge in [-0.25, -0.2) is 0 Å². The molecule has 0 aliphatic heterocycles. The molecule has 1 aromatic heterocycles. The molecule has 0 spiro atoms. The van der Waals surface area contributed by atoms with Gasteiger partial charge in [0.1, 0.15) is 0 Å². The molecule has 1 unspecified atom stereocenters. The van der Waals surface area contributed by atoms with Crippen molar-refractivity contribution >= 4 is 33.2 Å². The first-order valence-electron chi connectivity index (χ1n) is 5.47. The fourth-order valence-corrected chi connectivity index (χ4v) is 3.23. The van der Waals surface area contributed by atoms with E-state index in [9.17, 15) is 4.79 Å². The van der Waals surface area contributed by atoms with Crippen molar-refractivity contribution in [3.8, 4) is 0 Å². The van der Waals surface area contributed by atoms with E-state index in [1.807, 2.05) is 18.4 Å². The SMILES string of the molecule is Cc1ccsc1C(=O)NCC(Br)CC(C)C. The van der Waals surface area contributed by atoms with Crippen molar-refractivity contribution in [3.63, 3.8) is 0 Å². The molecule has 1 amide bonds. The van der Waals surface area contributed by atoms with Crippen LogP contribution in [0.4, 0.5) is 0 Å². The Morgan fingerprint density at radius 3 is 2.75 bits per heavy atom. The predicted molar refractivity (Wildman–Crippen MR) is 73.6 cm³/mol. The number of halogens is 1. The van der Waals surface area contributed by atoms with Crippen molar-refractivity contribution in [2.45, 2.75) is 32.0 Å². The minimum Gasteiger partial charge on any atom is -0.350 e. The highest BCUT2D eigenvalue weighted by atomic mass is 79.9. The van der Waals surface area contributed by atoms with Gasteiger partial charge in [0.15, 0.2) is 0 Å². The highest BCUT2D eigenvalue weighted by Gasteiger charge is 2.12. The Bertz CT molecular complexity index is 349. The van der Waals surface area contributed by atoms with Gasteiger partial charge in [0, 0.05) is 11.4 Å². The van der Waals surface area contributed by atoms with E-state index in [2.05, 4.69) is 35.1 Å². The van der Waals surface area contributed by atoms with Gasteiger partial charge in [-0.3, -0.25) is 4.79 Å². The molecule has 0 aromatic carbocycles. The van der Waals surface area contributed by atoms with Gasteiger partial charge in [-0.15, -0.1) is 11.3 Å². The summed E-state index contributed by atoms with van der Waals surface area (Å²) >= 11 is 5.07. The summed E-state index contributed by atoms with van der Waals surface area (Å²) in [5.74, 6) is 0.686. The minimum absolute atomic E-state index is 0.0423. The van der Waals surface area contributed by atoms with Crippen LogP contribution in [0.1, 0.15) is 35.5 Å². The molecule has 0 fully saturated rings. The van der Waals surface area contributed by atoms with Crippen LogP contribution in [0.15, 0.2) is 11.4 Å². The largest absolute Gasteiger partial charge is 0.350 e. The molecule has 0 saturated carbocycles. The quantitative estimate of drug-likeness (QED) is 0.828. The zero-order valence-corrected chi connectivity index (χ0v) is 12.3. The van der Waals surface area contributed by atoms with Crippen LogP contribution >= 0.6 is 27.3 Å². The van der Waals surface area contributed by atoms with E-state index < -0.39 is 0 Å². The van der Waals surface area contributed by atoms with Crippen molar-refractivity contribution in [1.82, 2.24) is 5.32 Å². The monoisotopic (exact) mass is 303 g/mol. The van der Waals surface area contributed by atoms with E-state index in [-0.39, 0.29) is 5.91 Å². The Morgan fingerprint density at radius 2 is 2.25 bits per heavy atom. The lowest BCUT2D eigenvalue weighted by molar-refractivity contribution is 0.0957. The van der Waals surface area contributed by atoms with Gasteiger partial charge in [0.2, 0.25) is 0 Å². The average molecular weight is 304 g/mol. The summed E-state index contributed by atoms with van der Waals surface area (Å²) in [6.07, 6.45) is 1.07. The number of amides is 1. The summed E-state index contributed by atoms with van der Waals surface area (Å²) in [5, 5.41) is 4.90. The zero-order chi connectivity index (χ0) is 12.1. The van der Waals surface area contributed by atoms with Crippen molar-refractivity contribution in [2.75, 3.05) is 6.54 Å². The van der Waals surface area contributed by atoms with E-state index in [1.165, 1.54) is 11.3 Å². The van der Waals surface area contributed by atoms with Gasteiger partial charge in [0.25, 0.3) is 5.91 Å². The average Bonchev–Trinajstić information content (AvgIpc) is 2.60. The molecule has 0 saturated heterocycles. The molecule has 1 rings (SSSR count). The summed E-state index contributed by atoms with van der Waals surface area (Å²) < 4.78 is 0. The van der Waals surface area contributed by atoms with E-state index >= 15 is 0 Å². The number of hydrogen-bond donors (Lipinski definition) is 1. The Labute approximate surface area is 110 Å². The Morgan fingerprint density at radius 1 is 1.56 bits per heavy atom. The minimum atomic E-state index is 0.0423. The number of aryl methyl sites for hydroxylation is 1. The molecular formula is C12H18BrNOS. The van der Waals surface area contributed by atoms with Gasteiger partial charge in [-0.05, 0) is 36.3 Å². The third kappa shape index (κ3) is 4.26. The third-order valence-electron chi connectivity index (χ3n) is 2.28. The lowest BCUT2D eigenvalue weighted by Crippen LogP contribution is -2.29. The first kappa shape index (κ1) is 13.7. The first-order valence-corrected chi connectivity index (χ1v) is 7.26. The van der Waals surface area contributed by atoms with Crippen LogP contribution in [0.25, 0.3) is 0 Å². The number of carbonyl (C=O) groups is 1. The standard InChI is InChI=1S/C12H18BrNOS/c1-8(2)6-10(13)7-14-12(15)11-9(3)4-5-16-11/h4-5,8,10H,6-7H2,1-3H3,(H,14,15). The summed E-state index contributed by atoms with van der Waals surface area (Å²) in [6, 6.07) is 1.97. The van der Waals surface area contributed by atoms with Crippen LogP contribution in [0, 0.1) is 12.8 Å². The van der Waals surface area contributed by atoms with Crippen LogP contribution in [0.5, 0.6) is 0 Å². The van der Waals surface area contributed by atoms with Gasteiger partial charge in [-0.1, -0.05) is 29.8 Å². The van der Waals surface area contributed by atoms with E-state index in [0.29, 0.717) is 17.3 Å². The second-order valence-corrected chi connectivity index (χ2v) is 6.58. The fourth-order valence-electron chi connectivity index (χ4n) is 1.48. The summed E-state index contributed by atoms with van der Waals surface area (Å²) in [6.45, 7) is 7.01. The topological polar surface area (TPSA) is 29.1 Å². The van der Waals surface area contributed by atoms with Crippen LogP contribution < -0.4 is 5.32 Å². The second-order valence-electron chi connectivity index (χ2n) is 4.37. The molecule has 90 valence electrons. The normalized spacial score (nSPS) is 12.8. The smallest absolute Gasteiger partial charge is 0.261 e. The molecule has 0 radical (unpaired) electrons. The molecule has 0 bridgehead atoms. The number of thiophene rings is 1. The molecular weight excluding hydrogens is 286 g/mol. The van der Waals surface area contributed by atoms with E-state index in [1.54, 1.807) is 0 Å². The maximum absolute atomic E-state index is 11.8. The maximum atomic E-state index is 11.8. The Hall–Kier alpha value is -0.350. The van der Waals surface area contributed by atoms with Crippen LogP contribution in [-0.4, -0.2) is 17.3 Å². The first-order chi connectivity index (χ1) is 7.50. The molecule has 1 heterocycles. The van der Waals surface area contributed by atoms with Crippen molar-refractivity contribution in [2.24, 2.45) is 5.92 Å². The molecule has 1 N–H and O–H groups in total. The Kier molecular flexibility index (Phi) is 5.49. The number of nitrogens with one attached hydrogen (secondary N) is 1. The number of hydrogen-bond acceptors (Lipinski definition) is 2. The van der Waals surface area contributed by atoms with Crippen LogP contribution in [-0.2, 0) is 0 Å². The summed E-state index contributed by atoms with van der Waals surface area (Å²) in [4.78, 5) is 13.0. The summed E-state index contributed by atoms with van der Waals surface area (Å²) in [5.41, 5.74) is 1.05. The van der Waals surface area contributed by atoms with Crippen molar-refractivity contribution in [3.05, 3.63) is 21.9 Å². The molecule has 16 heavy (non-hydrogen) atoms. The number of alkyl halides is 1. The predicted octanol–water partition coefficient (Wildman–Crippen LogP) is 3.60. The molecule has 0 aliphatic rings. The highest BCUT2D eigenvalue weighted by molar-refractivity contribution is 9.09. The molecule has 0 aliphatic carbocycles. The van der Waals surface area contributed by atoms with Gasteiger partial charge in [0.05, 0.1) is 4.88 Å². The molecule has 2 nitrogen and oxygen atoms in total. The molecule has 1 aromatic rings.